The molecule has 120 valence electrons. The Kier molecular flexibility index (Phi) is 4.14. The molecular formula is C17H20N4O2. The molecule has 0 saturated heterocycles. The van der Waals surface area contributed by atoms with Gasteiger partial charge in [-0.15, -0.1) is 0 Å². The van der Waals surface area contributed by atoms with Crippen LogP contribution in [0.2, 0.25) is 0 Å². The maximum Gasteiger partial charge on any atom is 0.303 e. The van der Waals surface area contributed by atoms with Crippen LogP contribution in [-0.2, 0) is 17.8 Å². The summed E-state index contributed by atoms with van der Waals surface area (Å²) in [5.74, 6) is 0.586. The molecule has 0 aliphatic carbocycles. The molecule has 2 heterocycles. The van der Waals surface area contributed by atoms with Crippen molar-refractivity contribution in [2.75, 3.05) is 5.73 Å². The van der Waals surface area contributed by atoms with Crippen LogP contribution in [0.5, 0.6) is 0 Å². The van der Waals surface area contributed by atoms with E-state index in [0.29, 0.717) is 24.3 Å². The van der Waals surface area contributed by atoms with Crippen molar-refractivity contribution in [2.45, 2.75) is 39.2 Å². The number of imidazole rings is 1. The molecule has 0 unspecified atom stereocenters. The number of nitrogens with zero attached hydrogens (tertiary/aromatic N) is 3. The molecule has 0 aliphatic rings. The molecule has 23 heavy (non-hydrogen) atoms. The highest BCUT2D eigenvalue weighted by Gasteiger charge is 2.16. The van der Waals surface area contributed by atoms with Gasteiger partial charge in [-0.3, -0.25) is 4.79 Å². The fourth-order valence-electron chi connectivity index (χ4n) is 2.95. The molecule has 3 aromatic rings. The normalized spacial score (nSPS) is 11.3. The van der Waals surface area contributed by atoms with Crippen LogP contribution in [0.25, 0.3) is 21.9 Å². The van der Waals surface area contributed by atoms with E-state index in [-0.39, 0.29) is 6.42 Å². The van der Waals surface area contributed by atoms with Gasteiger partial charge in [0.15, 0.2) is 5.82 Å². The lowest BCUT2D eigenvalue weighted by molar-refractivity contribution is -0.137. The SMILES string of the molecule is CCCc1nc2c(N)nc3ccccc3c2n1CCCC(=O)O. The van der Waals surface area contributed by atoms with E-state index in [2.05, 4.69) is 21.5 Å². The van der Waals surface area contributed by atoms with Gasteiger partial charge in [0.25, 0.3) is 0 Å². The molecule has 6 nitrogen and oxygen atoms in total. The Morgan fingerprint density at radius 2 is 2.09 bits per heavy atom. The molecule has 0 saturated carbocycles. The Morgan fingerprint density at radius 1 is 1.30 bits per heavy atom. The number of fused-ring (bicyclic) bond motifs is 3. The Balaban J connectivity index is 2.20. The number of hydrogen-bond donors (Lipinski definition) is 2. The Hall–Kier alpha value is -2.63. The Labute approximate surface area is 134 Å². The van der Waals surface area contributed by atoms with E-state index in [1.165, 1.54) is 0 Å². The number of aliphatic carboxylic acids is 1. The fraction of sp³-hybridized carbons (Fsp3) is 0.353. The summed E-state index contributed by atoms with van der Waals surface area (Å²) < 4.78 is 2.11. The number of nitrogen functional groups attached to an aromatic ring is 1. The number of aromatic nitrogens is 3. The van der Waals surface area contributed by atoms with Gasteiger partial charge in [-0.1, -0.05) is 25.1 Å². The van der Waals surface area contributed by atoms with E-state index >= 15 is 0 Å². The molecule has 2 aromatic heterocycles. The summed E-state index contributed by atoms with van der Waals surface area (Å²) in [5, 5.41) is 9.89. The second-order valence-electron chi connectivity index (χ2n) is 5.64. The van der Waals surface area contributed by atoms with Gasteiger partial charge in [-0.25, -0.2) is 9.97 Å². The maximum atomic E-state index is 10.8. The zero-order valence-corrected chi connectivity index (χ0v) is 13.1. The second-order valence-corrected chi connectivity index (χ2v) is 5.64. The van der Waals surface area contributed by atoms with E-state index in [1.807, 2.05) is 24.3 Å². The van der Waals surface area contributed by atoms with Crippen LogP contribution in [0, 0.1) is 0 Å². The van der Waals surface area contributed by atoms with Crippen molar-refractivity contribution in [1.82, 2.24) is 14.5 Å². The summed E-state index contributed by atoms with van der Waals surface area (Å²) in [7, 11) is 0. The number of pyridine rings is 1. The molecule has 0 fully saturated rings. The molecule has 3 rings (SSSR count). The lowest BCUT2D eigenvalue weighted by Crippen LogP contribution is -2.06. The number of carbonyl (C=O) groups is 1. The number of benzene rings is 1. The molecule has 0 spiro atoms. The van der Waals surface area contributed by atoms with Gasteiger partial charge in [0, 0.05) is 24.8 Å². The topological polar surface area (TPSA) is 94.0 Å². The summed E-state index contributed by atoms with van der Waals surface area (Å²) in [6.45, 7) is 2.71. The molecule has 0 radical (unpaired) electrons. The third-order valence-electron chi connectivity index (χ3n) is 3.94. The van der Waals surface area contributed by atoms with E-state index in [0.717, 1.165) is 35.1 Å². The van der Waals surface area contributed by atoms with Crippen LogP contribution in [0.3, 0.4) is 0 Å². The van der Waals surface area contributed by atoms with Gasteiger partial charge >= 0.3 is 5.97 Å². The zero-order valence-electron chi connectivity index (χ0n) is 13.1. The van der Waals surface area contributed by atoms with E-state index in [1.54, 1.807) is 0 Å². The number of anilines is 1. The van der Waals surface area contributed by atoms with Crippen LogP contribution >= 0.6 is 0 Å². The van der Waals surface area contributed by atoms with Crippen molar-refractivity contribution in [2.24, 2.45) is 0 Å². The summed E-state index contributed by atoms with van der Waals surface area (Å²) >= 11 is 0. The predicted octanol–water partition coefficient (Wildman–Crippen LogP) is 2.98. The summed E-state index contributed by atoms with van der Waals surface area (Å²) in [4.78, 5) is 19.9. The summed E-state index contributed by atoms with van der Waals surface area (Å²) in [6, 6.07) is 7.83. The largest absolute Gasteiger partial charge is 0.481 e. The first-order valence-corrected chi connectivity index (χ1v) is 7.87. The quantitative estimate of drug-likeness (QED) is 0.729. The minimum atomic E-state index is -0.780. The standard InChI is InChI=1S/C17H20N4O2/c1-2-6-13-20-15-16(21(13)10-5-9-14(22)23)11-7-3-4-8-12(11)19-17(15)18/h3-4,7-8H,2,5-6,9-10H2,1H3,(H2,18,19)(H,22,23). The molecule has 1 aromatic carbocycles. The van der Waals surface area contributed by atoms with Crippen molar-refractivity contribution in [3.63, 3.8) is 0 Å². The van der Waals surface area contributed by atoms with Crippen LogP contribution in [0.1, 0.15) is 32.0 Å². The average Bonchev–Trinajstić information content (AvgIpc) is 2.87. The van der Waals surface area contributed by atoms with Crippen LogP contribution in [-0.4, -0.2) is 25.6 Å². The molecule has 0 atom stereocenters. The first-order valence-electron chi connectivity index (χ1n) is 7.87. The Morgan fingerprint density at radius 3 is 2.83 bits per heavy atom. The van der Waals surface area contributed by atoms with E-state index < -0.39 is 5.97 Å². The van der Waals surface area contributed by atoms with Crippen molar-refractivity contribution in [1.29, 1.82) is 0 Å². The first kappa shape index (κ1) is 15.3. The average molecular weight is 312 g/mol. The minimum Gasteiger partial charge on any atom is -0.481 e. The van der Waals surface area contributed by atoms with Gasteiger partial charge in [0.1, 0.15) is 11.3 Å². The van der Waals surface area contributed by atoms with Gasteiger partial charge in [-0.2, -0.15) is 0 Å². The number of carboxylic acids is 1. The van der Waals surface area contributed by atoms with Gasteiger partial charge in [0.2, 0.25) is 0 Å². The zero-order chi connectivity index (χ0) is 16.4. The molecule has 0 bridgehead atoms. The minimum absolute atomic E-state index is 0.143. The number of rotatable bonds is 6. The van der Waals surface area contributed by atoms with Crippen molar-refractivity contribution in [3.05, 3.63) is 30.1 Å². The fourth-order valence-corrected chi connectivity index (χ4v) is 2.95. The third-order valence-corrected chi connectivity index (χ3v) is 3.94. The summed E-state index contributed by atoms with van der Waals surface area (Å²) in [5.41, 5.74) is 8.60. The molecule has 0 aliphatic heterocycles. The molecule has 6 heteroatoms. The van der Waals surface area contributed by atoms with Crippen LogP contribution < -0.4 is 5.73 Å². The summed E-state index contributed by atoms with van der Waals surface area (Å²) in [6.07, 6.45) is 2.50. The highest BCUT2D eigenvalue weighted by atomic mass is 16.4. The van der Waals surface area contributed by atoms with Crippen LogP contribution in [0.15, 0.2) is 24.3 Å². The van der Waals surface area contributed by atoms with Crippen molar-refractivity contribution < 1.29 is 9.90 Å². The lowest BCUT2D eigenvalue weighted by atomic mass is 10.2. The number of carboxylic acid groups (broad SMARTS) is 1. The first-order chi connectivity index (χ1) is 11.1. The highest BCUT2D eigenvalue weighted by Crippen LogP contribution is 2.29. The Bertz CT molecular complexity index is 870. The maximum absolute atomic E-state index is 10.8. The monoisotopic (exact) mass is 312 g/mol. The van der Waals surface area contributed by atoms with E-state index in [9.17, 15) is 4.79 Å². The van der Waals surface area contributed by atoms with E-state index in [4.69, 9.17) is 10.8 Å². The number of para-hydroxylation sites is 1. The van der Waals surface area contributed by atoms with Gasteiger partial charge in [-0.05, 0) is 18.9 Å². The smallest absolute Gasteiger partial charge is 0.303 e. The lowest BCUT2D eigenvalue weighted by Gasteiger charge is -2.10. The highest BCUT2D eigenvalue weighted by molar-refractivity contribution is 6.06. The number of hydrogen-bond acceptors (Lipinski definition) is 4. The third kappa shape index (κ3) is 2.84. The van der Waals surface area contributed by atoms with Gasteiger partial charge in [0.05, 0.1) is 11.0 Å². The predicted molar refractivity (Wildman–Crippen MR) is 90.3 cm³/mol. The second kappa shape index (κ2) is 6.24. The number of nitrogens with two attached hydrogens (primary N) is 1. The number of aryl methyl sites for hydroxylation is 2. The molecule has 0 amide bonds. The van der Waals surface area contributed by atoms with Gasteiger partial charge < -0.3 is 15.4 Å². The van der Waals surface area contributed by atoms with Crippen molar-refractivity contribution in [3.8, 4) is 0 Å². The van der Waals surface area contributed by atoms with Crippen LogP contribution in [0.4, 0.5) is 5.82 Å². The molecule has 3 N–H and O–H groups in total. The molecular weight excluding hydrogens is 292 g/mol. The van der Waals surface area contributed by atoms with Crippen molar-refractivity contribution >= 4 is 33.7 Å².